The van der Waals surface area contributed by atoms with Gasteiger partial charge >= 0.3 is 6.09 Å². The third kappa shape index (κ3) is 9.76. The van der Waals surface area contributed by atoms with Crippen molar-refractivity contribution in [3.63, 3.8) is 0 Å². The molecule has 192 valence electrons. The molecular weight excluding hydrogens is 491 g/mol. The number of nitrogens with one attached hydrogen (secondary N) is 1. The molecule has 1 aliphatic carbocycles. The van der Waals surface area contributed by atoms with Crippen molar-refractivity contribution in [3.05, 3.63) is 52.5 Å². The SMILES string of the molecule is C1CCCC1.O=C(O)Nc1ccccc1OCC(O)CN1CCC(Oc2ccc(Cl)c(Cl)c2)CC1. The number of piperidine rings is 1. The summed E-state index contributed by atoms with van der Waals surface area (Å²) in [5.74, 6) is 1.08. The van der Waals surface area contributed by atoms with Crippen LogP contribution in [0.5, 0.6) is 11.5 Å². The Labute approximate surface area is 216 Å². The highest BCUT2D eigenvalue weighted by Gasteiger charge is 2.23. The molecule has 0 radical (unpaired) electrons. The third-order valence-corrected chi connectivity index (χ3v) is 6.75. The van der Waals surface area contributed by atoms with Crippen molar-refractivity contribution in [2.75, 3.05) is 31.6 Å². The van der Waals surface area contributed by atoms with Crippen LogP contribution in [0.2, 0.25) is 10.0 Å². The number of hydrogen-bond donors (Lipinski definition) is 3. The highest BCUT2D eigenvalue weighted by atomic mass is 35.5. The van der Waals surface area contributed by atoms with Gasteiger partial charge in [0.05, 0.1) is 15.7 Å². The van der Waals surface area contributed by atoms with Crippen molar-refractivity contribution in [1.82, 2.24) is 4.90 Å². The maximum atomic E-state index is 10.8. The van der Waals surface area contributed by atoms with Crippen LogP contribution >= 0.6 is 23.2 Å². The Bertz CT molecular complexity index is 926. The van der Waals surface area contributed by atoms with Gasteiger partial charge in [-0.2, -0.15) is 0 Å². The Balaban J connectivity index is 0.000000607. The van der Waals surface area contributed by atoms with Gasteiger partial charge in [-0.15, -0.1) is 0 Å². The van der Waals surface area contributed by atoms with Crippen molar-refractivity contribution in [1.29, 1.82) is 0 Å². The molecule has 2 aliphatic rings. The van der Waals surface area contributed by atoms with Gasteiger partial charge < -0.3 is 24.6 Å². The van der Waals surface area contributed by atoms with Gasteiger partial charge in [-0.3, -0.25) is 5.32 Å². The summed E-state index contributed by atoms with van der Waals surface area (Å²) >= 11 is 12.0. The number of likely N-dealkylation sites (tertiary alicyclic amines) is 1. The molecule has 4 rings (SSSR count). The minimum Gasteiger partial charge on any atom is -0.490 e. The summed E-state index contributed by atoms with van der Waals surface area (Å²) in [4.78, 5) is 13.0. The van der Waals surface area contributed by atoms with Gasteiger partial charge in [-0.05, 0) is 37.1 Å². The molecular formula is C26H34Cl2N2O5. The maximum Gasteiger partial charge on any atom is 0.409 e. The number of nitrogens with zero attached hydrogens (tertiary/aromatic N) is 1. The summed E-state index contributed by atoms with van der Waals surface area (Å²) in [6, 6.07) is 12.0. The number of halogens is 2. The first-order valence-corrected chi connectivity index (χ1v) is 12.9. The number of β-amino-alcohol motifs (C(OH)–C–C–N with tert-alkyl or cyclic N) is 1. The molecule has 3 N–H and O–H groups in total. The smallest absolute Gasteiger partial charge is 0.409 e. The average Bonchev–Trinajstić information content (AvgIpc) is 3.42. The second kappa shape index (κ2) is 14.4. The van der Waals surface area contributed by atoms with Crippen LogP contribution in [-0.2, 0) is 0 Å². The van der Waals surface area contributed by atoms with Crippen LogP contribution < -0.4 is 14.8 Å². The van der Waals surface area contributed by atoms with E-state index < -0.39 is 12.2 Å². The first-order chi connectivity index (χ1) is 16.9. The quantitative estimate of drug-likeness (QED) is 0.374. The summed E-state index contributed by atoms with van der Waals surface area (Å²) in [5, 5.41) is 22.5. The molecule has 2 aromatic rings. The van der Waals surface area contributed by atoms with E-state index in [1.807, 2.05) is 0 Å². The number of carboxylic acid groups (broad SMARTS) is 1. The van der Waals surface area contributed by atoms with Gasteiger partial charge in [0.1, 0.15) is 30.3 Å². The summed E-state index contributed by atoms with van der Waals surface area (Å²) in [7, 11) is 0. The Morgan fingerprint density at radius 2 is 1.69 bits per heavy atom. The van der Waals surface area contributed by atoms with Gasteiger partial charge in [0.25, 0.3) is 0 Å². The van der Waals surface area contributed by atoms with E-state index in [9.17, 15) is 9.90 Å². The second-order valence-electron chi connectivity index (χ2n) is 8.85. The molecule has 1 atom stereocenters. The summed E-state index contributed by atoms with van der Waals surface area (Å²) in [5.41, 5.74) is 0.345. The fourth-order valence-electron chi connectivity index (χ4n) is 4.18. The van der Waals surface area contributed by atoms with Crippen molar-refractivity contribution < 1.29 is 24.5 Å². The minimum absolute atomic E-state index is 0.0675. The topological polar surface area (TPSA) is 91.3 Å². The zero-order valence-corrected chi connectivity index (χ0v) is 21.3. The number of aliphatic hydroxyl groups is 1. The Kier molecular flexibility index (Phi) is 11.3. The Hall–Kier alpha value is -2.19. The number of amides is 1. The van der Waals surface area contributed by atoms with Crippen LogP contribution in [0.25, 0.3) is 0 Å². The molecule has 1 saturated carbocycles. The summed E-state index contributed by atoms with van der Waals surface area (Å²) in [6.45, 7) is 2.12. The molecule has 1 aliphatic heterocycles. The van der Waals surface area contributed by atoms with Crippen LogP contribution in [0, 0.1) is 0 Å². The van der Waals surface area contributed by atoms with E-state index in [1.54, 1.807) is 42.5 Å². The fraction of sp³-hybridized carbons (Fsp3) is 0.500. The van der Waals surface area contributed by atoms with Gasteiger partial charge in [0.15, 0.2) is 0 Å². The van der Waals surface area contributed by atoms with Crippen LogP contribution in [-0.4, -0.2) is 59.7 Å². The van der Waals surface area contributed by atoms with Crippen molar-refractivity contribution in [2.24, 2.45) is 0 Å². The zero-order valence-electron chi connectivity index (χ0n) is 19.8. The first kappa shape index (κ1) is 27.4. The largest absolute Gasteiger partial charge is 0.490 e. The minimum atomic E-state index is -1.17. The lowest BCUT2D eigenvalue weighted by Gasteiger charge is -2.33. The van der Waals surface area contributed by atoms with Gasteiger partial charge in [0.2, 0.25) is 0 Å². The molecule has 1 heterocycles. The lowest BCUT2D eigenvalue weighted by atomic mass is 10.1. The van der Waals surface area contributed by atoms with E-state index in [0.717, 1.165) is 25.9 Å². The molecule has 2 fully saturated rings. The molecule has 1 saturated heterocycles. The summed E-state index contributed by atoms with van der Waals surface area (Å²) in [6.07, 6.45) is 7.38. The van der Waals surface area contributed by atoms with Crippen molar-refractivity contribution >= 4 is 35.0 Å². The van der Waals surface area contributed by atoms with Gasteiger partial charge in [-0.25, -0.2) is 4.79 Å². The Morgan fingerprint density at radius 3 is 2.31 bits per heavy atom. The van der Waals surface area contributed by atoms with E-state index in [0.29, 0.717) is 33.8 Å². The van der Waals surface area contributed by atoms with Crippen LogP contribution in [0.1, 0.15) is 44.9 Å². The maximum absolute atomic E-state index is 10.8. The lowest BCUT2D eigenvalue weighted by molar-refractivity contribution is 0.0403. The average molecular weight is 525 g/mol. The molecule has 9 heteroatoms. The molecule has 0 spiro atoms. The molecule has 1 amide bonds. The molecule has 7 nitrogen and oxygen atoms in total. The van der Waals surface area contributed by atoms with Crippen LogP contribution in [0.4, 0.5) is 10.5 Å². The molecule has 2 aromatic carbocycles. The van der Waals surface area contributed by atoms with Crippen molar-refractivity contribution in [3.8, 4) is 11.5 Å². The number of ether oxygens (including phenoxy) is 2. The van der Waals surface area contributed by atoms with E-state index >= 15 is 0 Å². The van der Waals surface area contributed by atoms with Crippen molar-refractivity contribution in [2.45, 2.75) is 57.2 Å². The molecule has 0 aromatic heterocycles. The zero-order chi connectivity index (χ0) is 25.0. The lowest BCUT2D eigenvalue weighted by Crippen LogP contribution is -2.43. The normalized spacial score (nSPS) is 17.2. The number of carbonyl (C=O) groups is 1. The molecule has 0 bridgehead atoms. The number of aliphatic hydroxyl groups excluding tert-OH is 1. The number of benzene rings is 2. The molecule has 35 heavy (non-hydrogen) atoms. The number of para-hydroxylation sites is 2. The highest BCUT2D eigenvalue weighted by Crippen LogP contribution is 2.28. The highest BCUT2D eigenvalue weighted by molar-refractivity contribution is 6.42. The molecule has 1 unspecified atom stereocenters. The van der Waals surface area contributed by atoms with Crippen LogP contribution in [0.15, 0.2) is 42.5 Å². The fourth-order valence-corrected chi connectivity index (χ4v) is 4.47. The van der Waals surface area contributed by atoms with E-state index in [2.05, 4.69) is 10.2 Å². The first-order valence-electron chi connectivity index (χ1n) is 12.1. The number of rotatable bonds is 8. The summed E-state index contributed by atoms with van der Waals surface area (Å²) < 4.78 is 11.6. The predicted molar refractivity (Wildman–Crippen MR) is 139 cm³/mol. The second-order valence-corrected chi connectivity index (χ2v) is 9.67. The van der Waals surface area contributed by atoms with Gasteiger partial charge in [-0.1, -0.05) is 67.4 Å². The standard InChI is InChI=1S/C21H24Cl2N2O5.C5H10/c22-17-6-5-16(11-18(17)23)30-15-7-9-25(10-8-15)12-14(26)13-29-20-4-2-1-3-19(20)24-21(27)28;1-2-4-5-3-1/h1-6,11,14-15,24,26H,7-10,12-13H2,(H,27,28);1-5H2. The van der Waals surface area contributed by atoms with Gasteiger partial charge in [0, 0.05) is 25.7 Å². The van der Waals surface area contributed by atoms with E-state index in [4.69, 9.17) is 37.8 Å². The predicted octanol–water partition coefficient (Wildman–Crippen LogP) is 6.32. The van der Waals surface area contributed by atoms with Crippen LogP contribution in [0.3, 0.4) is 0 Å². The number of anilines is 1. The Morgan fingerprint density at radius 1 is 1.03 bits per heavy atom. The van der Waals surface area contributed by atoms with E-state index in [1.165, 1.54) is 32.1 Å². The number of hydrogen-bond acceptors (Lipinski definition) is 5. The third-order valence-electron chi connectivity index (χ3n) is 6.01. The monoisotopic (exact) mass is 524 g/mol. The van der Waals surface area contributed by atoms with E-state index in [-0.39, 0.29) is 12.7 Å².